The second-order valence-electron chi connectivity index (χ2n) is 7.92. The Balaban J connectivity index is 1.69. The topological polar surface area (TPSA) is 110 Å². The average Bonchev–Trinajstić information content (AvgIpc) is 2.73. The van der Waals surface area contributed by atoms with Gasteiger partial charge in [0.25, 0.3) is 0 Å². The number of alkyl halides is 2. The molecule has 1 aromatic heterocycles. The Morgan fingerprint density at radius 2 is 1.91 bits per heavy atom. The molecule has 1 atom stereocenters. The molecule has 1 aliphatic heterocycles. The van der Waals surface area contributed by atoms with E-state index in [2.05, 4.69) is 25.6 Å². The van der Waals surface area contributed by atoms with Crippen molar-refractivity contribution in [3.63, 3.8) is 0 Å². The predicted octanol–water partition coefficient (Wildman–Crippen LogP) is 3.50. The van der Waals surface area contributed by atoms with Crippen LogP contribution in [0.5, 0.6) is 5.88 Å². The summed E-state index contributed by atoms with van der Waals surface area (Å²) in [5, 5.41) is 12.9. The van der Waals surface area contributed by atoms with E-state index < -0.39 is 29.8 Å². The lowest BCUT2D eigenvalue weighted by molar-refractivity contribution is -0.134. The zero-order valence-electron chi connectivity index (χ0n) is 17.6. The molecule has 0 spiro atoms. The van der Waals surface area contributed by atoms with Gasteiger partial charge in [-0.1, -0.05) is 23.2 Å². The number of carbonyl (C=O) groups is 3. The van der Waals surface area contributed by atoms with E-state index in [1.54, 1.807) is 26.0 Å². The molecule has 0 radical (unpaired) electrons. The molecule has 0 bridgehead atoms. The van der Waals surface area contributed by atoms with Crippen LogP contribution >= 0.6 is 23.2 Å². The number of carbonyl (C=O) groups excluding carboxylic acids is 3. The van der Waals surface area contributed by atoms with Gasteiger partial charge in [-0.05, 0) is 44.0 Å². The number of ether oxygens (including phenoxy) is 1. The number of hydrogen-bond acceptors (Lipinski definition) is 6. The van der Waals surface area contributed by atoms with Gasteiger partial charge in [-0.2, -0.15) is 13.9 Å². The fourth-order valence-corrected chi connectivity index (χ4v) is 4.16. The summed E-state index contributed by atoms with van der Waals surface area (Å²) in [6, 6.07) is 5.77. The molecule has 1 unspecified atom stereocenters. The number of benzene rings is 1. The SMILES string of the molecule is CC(C)(C(=O)NCc1cc(Cl)c(C2CCC(=O)NC2=O)c(Cl)c1)c1ccc(OC(F)F)nn1. The summed E-state index contributed by atoms with van der Waals surface area (Å²) in [5.74, 6) is -2.19. The molecule has 176 valence electrons. The first-order valence-corrected chi connectivity index (χ1v) is 10.6. The van der Waals surface area contributed by atoms with Crippen molar-refractivity contribution in [2.24, 2.45) is 0 Å². The van der Waals surface area contributed by atoms with E-state index in [-0.39, 0.29) is 40.5 Å². The summed E-state index contributed by atoms with van der Waals surface area (Å²) in [5.41, 5.74) is 0.152. The van der Waals surface area contributed by atoms with Crippen molar-refractivity contribution in [2.75, 3.05) is 0 Å². The van der Waals surface area contributed by atoms with Crippen molar-refractivity contribution in [3.8, 4) is 5.88 Å². The quantitative estimate of drug-likeness (QED) is 0.563. The summed E-state index contributed by atoms with van der Waals surface area (Å²) < 4.78 is 28.7. The zero-order chi connectivity index (χ0) is 24.3. The van der Waals surface area contributed by atoms with Crippen LogP contribution in [0.25, 0.3) is 0 Å². The van der Waals surface area contributed by atoms with Crippen LogP contribution in [0.15, 0.2) is 24.3 Å². The Kier molecular flexibility index (Phi) is 7.48. The minimum atomic E-state index is -3.03. The molecule has 0 aliphatic carbocycles. The first kappa shape index (κ1) is 24.8. The molecular weight excluding hydrogens is 481 g/mol. The first-order valence-electron chi connectivity index (χ1n) is 9.88. The lowest BCUT2D eigenvalue weighted by Gasteiger charge is -2.24. The molecule has 1 aromatic carbocycles. The van der Waals surface area contributed by atoms with Gasteiger partial charge in [-0.3, -0.25) is 19.7 Å². The molecule has 1 fully saturated rings. The number of piperidine rings is 1. The Morgan fingerprint density at radius 1 is 1.24 bits per heavy atom. The van der Waals surface area contributed by atoms with Crippen LogP contribution in [0.3, 0.4) is 0 Å². The Morgan fingerprint density at radius 3 is 2.45 bits per heavy atom. The number of imide groups is 1. The third kappa shape index (κ3) is 5.75. The standard InChI is InChI=1S/C21H20Cl2F2N4O4/c1-21(2,14-4-6-16(29-28-14)33-20(24)25)19(32)26-9-10-7-12(22)17(13(23)8-10)11-3-5-15(30)27-18(11)31/h4,6-8,11,20H,3,5,9H2,1-2H3,(H,26,32)(H,27,30,31). The Hall–Kier alpha value is -2.85. The highest BCUT2D eigenvalue weighted by atomic mass is 35.5. The van der Waals surface area contributed by atoms with Crippen LogP contribution in [0.2, 0.25) is 10.0 Å². The minimum absolute atomic E-state index is 0.0807. The van der Waals surface area contributed by atoms with Gasteiger partial charge in [0.1, 0.15) is 0 Å². The number of amides is 3. The van der Waals surface area contributed by atoms with Gasteiger partial charge in [0.05, 0.1) is 17.0 Å². The van der Waals surface area contributed by atoms with E-state index in [9.17, 15) is 23.2 Å². The fraction of sp³-hybridized carbons (Fsp3) is 0.381. The second-order valence-corrected chi connectivity index (χ2v) is 8.73. The smallest absolute Gasteiger partial charge is 0.388 e. The maximum atomic E-state index is 12.8. The van der Waals surface area contributed by atoms with E-state index >= 15 is 0 Å². The van der Waals surface area contributed by atoms with Gasteiger partial charge in [0.15, 0.2) is 0 Å². The number of rotatable bonds is 7. The van der Waals surface area contributed by atoms with Crippen molar-refractivity contribution < 1.29 is 27.9 Å². The van der Waals surface area contributed by atoms with Crippen molar-refractivity contribution in [1.82, 2.24) is 20.8 Å². The fourth-order valence-electron chi connectivity index (χ4n) is 3.37. The van der Waals surface area contributed by atoms with E-state index in [4.69, 9.17) is 23.2 Å². The van der Waals surface area contributed by atoms with E-state index in [1.165, 1.54) is 12.1 Å². The predicted molar refractivity (Wildman–Crippen MR) is 115 cm³/mol. The maximum Gasteiger partial charge on any atom is 0.388 e. The third-order valence-electron chi connectivity index (χ3n) is 5.24. The molecule has 3 rings (SSSR count). The summed E-state index contributed by atoms with van der Waals surface area (Å²) in [6.07, 6.45) is 0.491. The number of halogens is 4. The molecule has 1 aliphatic rings. The summed E-state index contributed by atoms with van der Waals surface area (Å²) in [4.78, 5) is 36.3. The highest BCUT2D eigenvalue weighted by molar-refractivity contribution is 6.36. The van der Waals surface area contributed by atoms with Crippen LogP contribution in [0.1, 0.15) is 49.4 Å². The summed E-state index contributed by atoms with van der Waals surface area (Å²) in [6.45, 7) is 0.261. The van der Waals surface area contributed by atoms with Crippen molar-refractivity contribution in [2.45, 2.75) is 51.2 Å². The Labute approximate surface area is 198 Å². The first-order chi connectivity index (χ1) is 15.5. The van der Waals surface area contributed by atoms with Gasteiger partial charge >= 0.3 is 6.61 Å². The normalized spacial score (nSPS) is 16.5. The maximum absolute atomic E-state index is 12.8. The van der Waals surface area contributed by atoms with Crippen molar-refractivity contribution in [1.29, 1.82) is 0 Å². The van der Waals surface area contributed by atoms with Gasteiger partial charge in [0.2, 0.25) is 23.6 Å². The number of nitrogens with one attached hydrogen (secondary N) is 2. The summed E-state index contributed by atoms with van der Waals surface area (Å²) >= 11 is 12.8. The van der Waals surface area contributed by atoms with Crippen LogP contribution in [0.4, 0.5) is 8.78 Å². The largest absolute Gasteiger partial charge is 0.415 e. The number of hydrogen-bond donors (Lipinski definition) is 2. The Bertz CT molecular complexity index is 1060. The van der Waals surface area contributed by atoms with Crippen LogP contribution in [-0.4, -0.2) is 34.5 Å². The minimum Gasteiger partial charge on any atom is -0.415 e. The molecule has 8 nitrogen and oxygen atoms in total. The highest BCUT2D eigenvalue weighted by Gasteiger charge is 2.33. The molecule has 2 aromatic rings. The lowest BCUT2D eigenvalue weighted by atomic mass is 9.87. The highest BCUT2D eigenvalue weighted by Crippen LogP contribution is 2.37. The van der Waals surface area contributed by atoms with E-state index in [1.807, 2.05) is 0 Å². The zero-order valence-corrected chi connectivity index (χ0v) is 19.1. The third-order valence-corrected chi connectivity index (χ3v) is 5.86. The van der Waals surface area contributed by atoms with Crippen molar-refractivity contribution in [3.05, 3.63) is 51.1 Å². The summed E-state index contributed by atoms with van der Waals surface area (Å²) in [7, 11) is 0. The van der Waals surface area contributed by atoms with Crippen molar-refractivity contribution >= 4 is 40.9 Å². The molecule has 2 heterocycles. The molecular formula is C21H20Cl2F2N4O4. The van der Waals surface area contributed by atoms with Gasteiger partial charge in [-0.25, -0.2) is 0 Å². The van der Waals surface area contributed by atoms with Crippen LogP contribution in [-0.2, 0) is 26.3 Å². The van der Waals surface area contributed by atoms with Crippen LogP contribution < -0.4 is 15.4 Å². The number of aromatic nitrogens is 2. The molecule has 1 saturated heterocycles. The lowest BCUT2D eigenvalue weighted by Crippen LogP contribution is -2.40. The second kappa shape index (κ2) is 9.96. The molecule has 0 saturated carbocycles. The van der Waals surface area contributed by atoms with Gasteiger partial charge < -0.3 is 10.1 Å². The monoisotopic (exact) mass is 500 g/mol. The van der Waals surface area contributed by atoms with E-state index in [0.29, 0.717) is 17.5 Å². The number of nitrogens with zero attached hydrogens (tertiary/aromatic N) is 2. The van der Waals surface area contributed by atoms with Gasteiger partial charge in [-0.15, -0.1) is 5.10 Å². The molecule has 12 heteroatoms. The molecule has 33 heavy (non-hydrogen) atoms. The van der Waals surface area contributed by atoms with Crippen LogP contribution in [0, 0.1) is 0 Å². The molecule has 2 N–H and O–H groups in total. The van der Waals surface area contributed by atoms with E-state index in [0.717, 1.165) is 0 Å². The van der Waals surface area contributed by atoms with Gasteiger partial charge in [0, 0.05) is 34.6 Å². The average molecular weight is 501 g/mol. The molecule has 3 amide bonds.